The molecule has 2 aliphatic rings. The van der Waals surface area contributed by atoms with Crippen LogP contribution >= 0.6 is 0 Å². The van der Waals surface area contributed by atoms with Crippen LogP contribution in [0.25, 0.3) is 0 Å². The van der Waals surface area contributed by atoms with E-state index in [1.165, 1.54) is 12.8 Å². The molecule has 2 fully saturated rings. The van der Waals surface area contributed by atoms with Gasteiger partial charge < -0.3 is 19.9 Å². The summed E-state index contributed by atoms with van der Waals surface area (Å²) in [6.45, 7) is 8.62. The topological polar surface area (TPSA) is 44.8 Å². The molecule has 0 radical (unpaired) electrons. The van der Waals surface area contributed by atoms with Crippen molar-refractivity contribution in [2.24, 2.45) is 5.41 Å². The minimum atomic E-state index is 0.161. The Kier molecular flexibility index (Phi) is 6.20. The van der Waals surface area contributed by atoms with Gasteiger partial charge in [0.2, 0.25) is 5.91 Å². The molecule has 0 atom stereocenters. The van der Waals surface area contributed by atoms with E-state index < -0.39 is 0 Å². The van der Waals surface area contributed by atoms with Gasteiger partial charge in [-0.15, -0.1) is 0 Å². The Labute approximate surface area is 157 Å². The molecule has 5 nitrogen and oxygen atoms in total. The summed E-state index contributed by atoms with van der Waals surface area (Å²) in [5.41, 5.74) is 2.61. The van der Waals surface area contributed by atoms with E-state index in [0.29, 0.717) is 11.8 Å². The summed E-state index contributed by atoms with van der Waals surface area (Å²) < 4.78 is 5.36. The molecule has 1 aromatic carbocycles. The Morgan fingerprint density at radius 3 is 2.62 bits per heavy atom. The Bertz CT molecular complexity index is 620. The van der Waals surface area contributed by atoms with Gasteiger partial charge in [0.1, 0.15) is 5.75 Å². The smallest absolute Gasteiger partial charge is 0.220 e. The lowest BCUT2D eigenvalue weighted by Crippen LogP contribution is -2.47. The highest BCUT2D eigenvalue weighted by molar-refractivity contribution is 5.76. The largest absolute Gasteiger partial charge is 0.496 e. The van der Waals surface area contributed by atoms with E-state index in [4.69, 9.17) is 4.74 Å². The Hall–Kier alpha value is -1.59. The summed E-state index contributed by atoms with van der Waals surface area (Å²) in [6, 6.07) is 6.18. The number of carbonyl (C=O) groups excluding carboxylic acids is 1. The normalized spacial score (nSPS) is 20.0. The highest BCUT2D eigenvalue weighted by Crippen LogP contribution is 2.45. The maximum atomic E-state index is 12.3. The summed E-state index contributed by atoms with van der Waals surface area (Å²) in [4.78, 5) is 17.2. The third-order valence-electron chi connectivity index (χ3n) is 5.89. The van der Waals surface area contributed by atoms with E-state index in [1.807, 2.05) is 13.0 Å². The molecule has 1 N–H and O–H groups in total. The predicted octanol–water partition coefficient (Wildman–Crippen LogP) is 2.08. The maximum Gasteiger partial charge on any atom is 0.220 e. The molecule has 0 spiro atoms. The van der Waals surface area contributed by atoms with Gasteiger partial charge in [0, 0.05) is 51.1 Å². The molecule has 0 unspecified atom stereocenters. The van der Waals surface area contributed by atoms with Gasteiger partial charge in [-0.2, -0.15) is 0 Å². The van der Waals surface area contributed by atoms with Crippen molar-refractivity contribution in [1.82, 2.24) is 15.1 Å². The van der Waals surface area contributed by atoms with Crippen molar-refractivity contribution < 1.29 is 9.53 Å². The molecule has 0 bridgehead atoms. The molecular weight excluding hydrogens is 326 g/mol. The quantitative estimate of drug-likeness (QED) is 0.772. The SMILES string of the molecule is COc1cc(CCC(=O)NCC2(CN3CCN(C)CC3)CC2)ccc1C. The zero-order valence-electron chi connectivity index (χ0n) is 16.5. The second-order valence-corrected chi connectivity index (χ2v) is 8.16. The fourth-order valence-electron chi connectivity index (χ4n) is 3.70. The van der Waals surface area contributed by atoms with E-state index in [0.717, 1.165) is 62.6 Å². The predicted molar refractivity (Wildman–Crippen MR) is 105 cm³/mol. The summed E-state index contributed by atoms with van der Waals surface area (Å²) >= 11 is 0. The molecule has 1 aromatic rings. The average molecular weight is 360 g/mol. The van der Waals surface area contributed by atoms with Crippen LogP contribution in [0.3, 0.4) is 0 Å². The van der Waals surface area contributed by atoms with Gasteiger partial charge in [-0.25, -0.2) is 0 Å². The molecule has 26 heavy (non-hydrogen) atoms. The lowest BCUT2D eigenvalue weighted by molar-refractivity contribution is -0.121. The number of benzene rings is 1. The number of amides is 1. The number of carbonyl (C=O) groups is 1. The number of nitrogens with one attached hydrogen (secondary N) is 1. The summed E-state index contributed by atoms with van der Waals surface area (Å²) in [5.74, 6) is 1.06. The number of hydrogen-bond donors (Lipinski definition) is 1. The first-order valence-corrected chi connectivity index (χ1v) is 9.81. The van der Waals surface area contributed by atoms with Crippen LogP contribution in [0.2, 0.25) is 0 Å². The monoisotopic (exact) mass is 359 g/mol. The van der Waals surface area contributed by atoms with Crippen molar-refractivity contribution in [3.05, 3.63) is 29.3 Å². The fourth-order valence-corrected chi connectivity index (χ4v) is 3.70. The van der Waals surface area contributed by atoms with Crippen molar-refractivity contribution in [1.29, 1.82) is 0 Å². The van der Waals surface area contributed by atoms with Crippen LogP contribution in [-0.4, -0.2) is 69.1 Å². The summed E-state index contributed by atoms with van der Waals surface area (Å²) in [5, 5.41) is 3.19. The van der Waals surface area contributed by atoms with E-state index in [-0.39, 0.29) is 5.91 Å². The molecule has 3 rings (SSSR count). The zero-order chi connectivity index (χ0) is 18.6. The average Bonchev–Trinajstić information content (AvgIpc) is 3.41. The van der Waals surface area contributed by atoms with Gasteiger partial charge in [-0.1, -0.05) is 12.1 Å². The van der Waals surface area contributed by atoms with Crippen LogP contribution < -0.4 is 10.1 Å². The van der Waals surface area contributed by atoms with Crippen molar-refractivity contribution in [3.8, 4) is 5.75 Å². The minimum Gasteiger partial charge on any atom is -0.496 e. The number of piperazine rings is 1. The molecule has 1 aliphatic carbocycles. The first-order chi connectivity index (χ1) is 12.5. The first kappa shape index (κ1) is 19.2. The molecule has 5 heteroatoms. The number of nitrogens with zero attached hydrogens (tertiary/aromatic N) is 2. The van der Waals surface area contributed by atoms with Crippen molar-refractivity contribution in [3.63, 3.8) is 0 Å². The van der Waals surface area contributed by atoms with Crippen LogP contribution in [0.1, 0.15) is 30.4 Å². The van der Waals surface area contributed by atoms with Crippen LogP contribution in [0.5, 0.6) is 5.75 Å². The molecule has 1 heterocycles. The molecule has 1 aliphatic heterocycles. The number of ether oxygens (including phenoxy) is 1. The van der Waals surface area contributed by atoms with Gasteiger partial charge in [0.25, 0.3) is 0 Å². The third-order valence-corrected chi connectivity index (χ3v) is 5.89. The van der Waals surface area contributed by atoms with Gasteiger partial charge >= 0.3 is 0 Å². The second-order valence-electron chi connectivity index (χ2n) is 8.16. The van der Waals surface area contributed by atoms with Crippen LogP contribution in [0.4, 0.5) is 0 Å². The van der Waals surface area contributed by atoms with Gasteiger partial charge in [-0.05, 0) is 50.4 Å². The number of methoxy groups -OCH3 is 1. The fraction of sp³-hybridized carbons (Fsp3) is 0.667. The van der Waals surface area contributed by atoms with Crippen molar-refractivity contribution in [2.45, 2.75) is 32.6 Å². The Morgan fingerprint density at radius 2 is 1.96 bits per heavy atom. The highest BCUT2D eigenvalue weighted by Gasteiger charge is 2.44. The van der Waals surface area contributed by atoms with Crippen molar-refractivity contribution >= 4 is 5.91 Å². The number of likely N-dealkylation sites (N-methyl/N-ethyl adjacent to an activating group) is 1. The van der Waals surface area contributed by atoms with E-state index in [1.54, 1.807) is 7.11 Å². The first-order valence-electron chi connectivity index (χ1n) is 9.81. The molecular formula is C21H33N3O2. The van der Waals surface area contributed by atoms with Crippen LogP contribution in [0.15, 0.2) is 18.2 Å². The van der Waals surface area contributed by atoms with Crippen molar-refractivity contribution in [2.75, 3.05) is 53.4 Å². The molecule has 1 saturated carbocycles. The molecule has 1 amide bonds. The summed E-state index contributed by atoms with van der Waals surface area (Å²) in [7, 11) is 3.88. The third kappa shape index (κ3) is 5.21. The maximum absolute atomic E-state index is 12.3. The lowest BCUT2D eigenvalue weighted by Gasteiger charge is -2.34. The van der Waals surface area contributed by atoms with E-state index in [2.05, 4.69) is 34.3 Å². The number of hydrogen-bond acceptors (Lipinski definition) is 4. The lowest BCUT2D eigenvalue weighted by atomic mass is 10.0. The standard InChI is InChI=1S/C21H33N3O2/c1-17-4-5-18(14-19(17)26-3)6-7-20(25)22-15-21(8-9-21)16-24-12-10-23(2)11-13-24/h4-5,14H,6-13,15-16H2,1-3H3,(H,22,25). The number of aryl methyl sites for hydroxylation is 2. The molecule has 1 saturated heterocycles. The second kappa shape index (κ2) is 8.40. The Balaban J connectivity index is 1.40. The number of rotatable bonds is 8. The van der Waals surface area contributed by atoms with Gasteiger partial charge in [-0.3, -0.25) is 4.79 Å². The van der Waals surface area contributed by atoms with Gasteiger partial charge in [0.15, 0.2) is 0 Å². The molecule has 144 valence electrons. The Morgan fingerprint density at radius 1 is 1.23 bits per heavy atom. The minimum absolute atomic E-state index is 0.161. The van der Waals surface area contributed by atoms with Gasteiger partial charge in [0.05, 0.1) is 7.11 Å². The van der Waals surface area contributed by atoms with Crippen LogP contribution in [-0.2, 0) is 11.2 Å². The highest BCUT2D eigenvalue weighted by atomic mass is 16.5. The van der Waals surface area contributed by atoms with E-state index in [9.17, 15) is 4.79 Å². The van der Waals surface area contributed by atoms with E-state index >= 15 is 0 Å². The summed E-state index contributed by atoms with van der Waals surface area (Å²) in [6.07, 6.45) is 3.79. The molecule has 0 aromatic heterocycles. The van der Waals surface area contributed by atoms with Crippen LogP contribution in [0, 0.1) is 12.3 Å². The zero-order valence-corrected chi connectivity index (χ0v) is 16.5.